The second kappa shape index (κ2) is 8.79. The minimum atomic E-state index is -0.519. The number of fused-ring (bicyclic) bond motifs is 5. The monoisotopic (exact) mass is 544 g/mol. The van der Waals surface area contributed by atoms with Crippen molar-refractivity contribution >= 4 is 44.1 Å². The van der Waals surface area contributed by atoms with E-state index in [1.165, 1.54) is 22.5 Å². The summed E-state index contributed by atoms with van der Waals surface area (Å²) in [5.41, 5.74) is 2.38. The van der Waals surface area contributed by atoms with E-state index < -0.39 is 5.41 Å². The Hall–Kier alpha value is -2.19. The summed E-state index contributed by atoms with van der Waals surface area (Å²) in [4.78, 5) is 31.4. The highest BCUT2D eigenvalue weighted by molar-refractivity contribution is 9.10. The number of ketones is 1. The number of allylic oxidation sites excluding steroid dienone is 1. The molecule has 3 N–H and O–H groups in total. The van der Waals surface area contributed by atoms with Crippen LogP contribution >= 0.6 is 27.3 Å². The van der Waals surface area contributed by atoms with Crippen LogP contribution in [0.2, 0.25) is 0 Å². The highest BCUT2D eigenvalue weighted by atomic mass is 79.9. The summed E-state index contributed by atoms with van der Waals surface area (Å²) in [6.07, 6.45) is 6.94. The Bertz CT molecular complexity index is 1190. The van der Waals surface area contributed by atoms with Crippen molar-refractivity contribution < 1.29 is 19.8 Å². The number of rotatable bonds is 4. The first kappa shape index (κ1) is 23.5. The number of nitrogens with one attached hydrogen (secondary N) is 1. The van der Waals surface area contributed by atoms with Crippen molar-refractivity contribution in [1.29, 1.82) is 0 Å². The van der Waals surface area contributed by atoms with Gasteiger partial charge in [0, 0.05) is 28.5 Å². The Balaban J connectivity index is 1.42. The van der Waals surface area contributed by atoms with Crippen LogP contribution in [0.1, 0.15) is 60.9 Å². The first-order chi connectivity index (χ1) is 16.2. The van der Waals surface area contributed by atoms with Gasteiger partial charge < -0.3 is 15.5 Å². The highest BCUT2D eigenvalue weighted by Gasteiger charge is 2.60. The fourth-order valence-electron chi connectivity index (χ4n) is 6.93. The van der Waals surface area contributed by atoms with Crippen LogP contribution in [0.3, 0.4) is 0 Å². The smallest absolute Gasteiger partial charge is 0.226 e. The van der Waals surface area contributed by atoms with E-state index in [4.69, 9.17) is 0 Å². The molecule has 2 fully saturated rings. The van der Waals surface area contributed by atoms with Crippen LogP contribution in [-0.2, 0) is 16.0 Å². The van der Waals surface area contributed by atoms with Crippen LogP contribution in [0.5, 0.6) is 5.75 Å². The van der Waals surface area contributed by atoms with Gasteiger partial charge >= 0.3 is 0 Å². The van der Waals surface area contributed by atoms with Crippen molar-refractivity contribution in [3.05, 3.63) is 50.6 Å². The number of phenols is 1. The van der Waals surface area contributed by atoms with Crippen molar-refractivity contribution in [1.82, 2.24) is 4.98 Å². The number of hydrogen-bond acceptors (Lipinski definition) is 6. The molecule has 5 atom stereocenters. The number of aromatic nitrogens is 1. The molecule has 0 aliphatic heterocycles. The lowest BCUT2D eigenvalue weighted by molar-refractivity contribution is -0.127. The summed E-state index contributed by atoms with van der Waals surface area (Å²) in [6.45, 7) is 4.00. The molecule has 3 aliphatic carbocycles. The molecule has 1 amide bonds. The van der Waals surface area contributed by atoms with Crippen LogP contribution in [0.4, 0.5) is 5.13 Å². The minimum Gasteiger partial charge on any atom is -0.515 e. The molecule has 1 aromatic carbocycles. The number of hydrogen-bond donors (Lipinski definition) is 3. The molecule has 0 bridgehead atoms. The van der Waals surface area contributed by atoms with Crippen LogP contribution in [0, 0.1) is 30.1 Å². The molecule has 5 rings (SSSR count). The third-order valence-electron chi connectivity index (χ3n) is 8.38. The number of thiazole rings is 1. The Labute approximate surface area is 211 Å². The van der Waals surface area contributed by atoms with E-state index in [1.54, 1.807) is 12.3 Å². The third-order valence-corrected chi connectivity index (χ3v) is 10.1. The zero-order valence-electron chi connectivity index (χ0n) is 19.3. The SMILES string of the molecule is Cc1cnc(NC(=O)CC[C@@H]2C(=CO)C(=O)[C@@]3(C)CCC4c5ccc(O)c(Br)c5CCC4C23)s1. The maximum atomic E-state index is 13.5. The molecular weight excluding hydrogens is 516 g/mol. The number of aliphatic hydroxyl groups is 1. The molecule has 180 valence electrons. The highest BCUT2D eigenvalue weighted by Crippen LogP contribution is 2.63. The molecule has 1 heterocycles. The first-order valence-corrected chi connectivity index (χ1v) is 13.5. The Morgan fingerprint density at radius 3 is 2.88 bits per heavy atom. The van der Waals surface area contributed by atoms with Gasteiger partial charge in [-0.2, -0.15) is 0 Å². The standard InChI is InChI=1S/C26H29BrN2O4S/c1-13-11-28-25(34-13)29-21(32)8-6-17-19(12-30)24(33)26(2)10-9-15-14-5-7-20(31)23(27)18(14)4-3-16(15)22(17)26/h5,7,11-12,15-17,22,30-31H,3-4,6,8-10H2,1-2H3,(H,28,29,32)/t15?,16?,17-,22?,26+/m1/s1. The first-order valence-electron chi connectivity index (χ1n) is 11.9. The normalized spacial score (nSPS) is 31.1. The summed E-state index contributed by atoms with van der Waals surface area (Å²) >= 11 is 5.00. The topological polar surface area (TPSA) is 99.5 Å². The molecule has 0 saturated heterocycles. The molecule has 3 aliphatic rings. The van der Waals surface area contributed by atoms with Gasteiger partial charge in [0.25, 0.3) is 0 Å². The van der Waals surface area contributed by atoms with Crippen molar-refractivity contribution in [2.75, 3.05) is 5.32 Å². The number of amides is 1. The lowest BCUT2D eigenvalue weighted by Gasteiger charge is -2.49. The maximum absolute atomic E-state index is 13.5. The number of Topliss-reactive ketones (excluding diaryl/α,β-unsaturated/α-hetero) is 1. The average molecular weight is 545 g/mol. The predicted octanol–water partition coefficient (Wildman–Crippen LogP) is 6.04. The van der Waals surface area contributed by atoms with E-state index in [-0.39, 0.29) is 35.7 Å². The zero-order valence-corrected chi connectivity index (χ0v) is 21.7. The van der Waals surface area contributed by atoms with Crippen molar-refractivity contribution in [2.45, 2.75) is 58.3 Å². The predicted molar refractivity (Wildman–Crippen MR) is 135 cm³/mol. The van der Waals surface area contributed by atoms with Crippen molar-refractivity contribution in [3.63, 3.8) is 0 Å². The number of halogens is 1. The molecule has 8 heteroatoms. The van der Waals surface area contributed by atoms with Gasteiger partial charge in [-0.3, -0.25) is 9.59 Å². The lowest BCUT2D eigenvalue weighted by Crippen LogP contribution is -2.44. The van der Waals surface area contributed by atoms with Crippen molar-refractivity contribution in [3.8, 4) is 5.75 Å². The zero-order chi connectivity index (χ0) is 24.2. The lowest BCUT2D eigenvalue weighted by atomic mass is 9.54. The minimum absolute atomic E-state index is 0.0390. The van der Waals surface area contributed by atoms with Crippen LogP contribution < -0.4 is 5.32 Å². The van der Waals surface area contributed by atoms with Crippen molar-refractivity contribution in [2.24, 2.45) is 23.2 Å². The number of benzene rings is 1. The van der Waals surface area contributed by atoms with Gasteiger partial charge in [0.05, 0.1) is 10.7 Å². The number of anilines is 1. The third kappa shape index (κ3) is 3.70. The number of carbonyl (C=O) groups is 2. The summed E-state index contributed by atoms with van der Waals surface area (Å²) in [7, 11) is 0. The largest absolute Gasteiger partial charge is 0.515 e. The fraction of sp³-hybridized carbons (Fsp3) is 0.500. The van der Waals surface area contributed by atoms with E-state index in [0.29, 0.717) is 29.0 Å². The van der Waals surface area contributed by atoms with Gasteiger partial charge in [-0.05, 0) is 95.8 Å². The Morgan fingerprint density at radius 2 is 2.18 bits per heavy atom. The molecule has 34 heavy (non-hydrogen) atoms. The number of carbonyl (C=O) groups excluding carboxylic acids is 2. The van der Waals surface area contributed by atoms with Gasteiger partial charge in [-0.1, -0.05) is 13.0 Å². The molecule has 2 saturated carbocycles. The van der Waals surface area contributed by atoms with Gasteiger partial charge in [0.1, 0.15) is 5.75 Å². The second-order valence-corrected chi connectivity index (χ2v) is 12.2. The Morgan fingerprint density at radius 1 is 1.38 bits per heavy atom. The van der Waals surface area contributed by atoms with Crippen LogP contribution in [-0.4, -0.2) is 26.9 Å². The molecule has 2 aromatic rings. The quantitative estimate of drug-likeness (QED) is 0.321. The van der Waals surface area contributed by atoms with Gasteiger partial charge in [0.15, 0.2) is 10.9 Å². The molecule has 0 radical (unpaired) electrons. The summed E-state index contributed by atoms with van der Waals surface area (Å²) in [5, 5.41) is 23.7. The van der Waals surface area contributed by atoms with Gasteiger partial charge in [-0.15, -0.1) is 11.3 Å². The van der Waals surface area contributed by atoms with E-state index in [0.717, 1.165) is 41.3 Å². The molecule has 6 nitrogen and oxygen atoms in total. The van der Waals surface area contributed by atoms with E-state index in [1.807, 2.05) is 13.0 Å². The van der Waals surface area contributed by atoms with E-state index in [2.05, 4.69) is 33.2 Å². The molecule has 3 unspecified atom stereocenters. The van der Waals surface area contributed by atoms with E-state index in [9.17, 15) is 19.8 Å². The molecule has 0 spiro atoms. The average Bonchev–Trinajstić information content (AvgIpc) is 3.32. The van der Waals surface area contributed by atoms with Gasteiger partial charge in [0.2, 0.25) is 5.91 Å². The van der Waals surface area contributed by atoms with Crippen LogP contribution in [0.15, 0.2) is 34.6 Å². The van der Waals surface area contributed by atoms with Crippen LogP contribution in [0.25, 0.3) is 0 Å². The number of aromatic hydroxyl groups is 1. The molecule has 1 aromatic heterocycles. The fourth-order valence-corrected chi connectivity index (χ4v) is 8.17. The van der Waals surface area contributed by atoms with Gasteiger partial charge in [-0.25, -0.2) is 4.98 Å². The maximum Gasteiger partial charge on any atom is 0.226 e. The number of aryl methyl sites for hydroxylation is 1. The number of aliphatic hydroxyl groups excluding tert-OH is 1. The molecular formula is C26H29BrN2O4S. The summed E-state index contributed by atoms with van der Waals surface area (Å²) in [6, 6.07) is 3.78. The number of phenolic OH excluding ortho intramolecular Hbond substituents is 1. The van der Waals surface area contributed by atoms with E-state index >= 15 is 0 Å². The summed E-state index contributed by atoms with van der Waals surface area (Å²) in [5.74, 6) is 0.705. The Kier molecular flexibility index (Phi) is 6.09. The second-order valence-electron chi connectivity index (χ2n) is 10.1. The number of nitrogens with zero attached hydrogens (tertiary/aromatic N) is 1. The summed E-state index contributed by atoms with van der Waals surface area (Å²) < 4.78 is 0.779.